The Bertz CT molecular complexity index is 1010. The van der Waals surface area contributed by atoms with Gasteiger partial charge in [0.15, 0.2) is 0 Å². The monoisotopic (exact) mass is 368 g/mol. The van der Waals surface area contributed by atoms with Gasteiger partial charge in [0, 0.05) is 6.07 Å². The van der Waals surface area contributed by atoms with Crippen LogP contribution in [0.3, 0.4) is 0 Å². The minimum absolute atomic E-state index is 0.157. The predicted molar refractivity (Wildman–Crippen MR) is 88.0 cm³/mol. The van der Waals surface area contributed by atoms with Crippen LogP contribution in [0, 0.1) is 11.6 Å². The third kappa shape index (κ3) is 2.86. The van der Waals surface area contributed by atoms with Crippen molar-refractivity contribution in [3.05, 3.63) is 85.0 Å². The van der Waals surface area contributed by atoms with Crippen LogP contribution in [-0.2, 0) is 0 Å². The van der Waals surface area contributed by atoms with Gasteiger partial charge in [0.05, 0.1) is 27.0 Å². The summed E-state index contributed by atoms with van der Waals surface area (Å²) in [6, 6.07) is 8.37. The molecule has 0 aliphatic carbocycles. The van der Waals surface area contributed by atoms with E-state index in [9.17, 15) is 18.4 Å². The topological polar surface area (TPSA) is 54.9 Å². The molecule has 3 rings (SSSR count). The number of halogens is 4. The number of nitrogens with one attached hydrogen (secondary N) is 1. The van der Waals surface area contributed by atoms with Gasteiger partial charge in [-0.15, -0.1) is 0 Å². The van der Waals surface area contributed by atoms with E-state index >= 15 is 0 Å². The first-order chi connectivity index (χ1) is 11.4. The fraction of sp³-hybridized carbons (Fsp3) is 0. The first kappa shape index (κ1) is 16.4. The molecule has 0 spiro atoms. The third-order valence-corrected chi connectivity index (χ3v) is 4.07. The summed E-state index contributed by atoms with van der Waals surface area (Å²) in [5.41, 5.74) is -2.19. The Labute approximate surface area is 143 Å². The molecule has 0 radical (unpaired) electrons. The van der Waals surface area contributed by atoms with Crippen LogP contribution in [0.4, 0.5) is 8.78 Å². The number of hydrogen-bond acceptors (Lipinski definition) is 2. The van der Waals surface area contributed by atoms with E-state index in [1.54, 1.807) is 0 Å². The quantitative estimate of drug-likeness (QED) is 0.748. The molecular weight excluding hydrogens is 361 g/mol. The molecule has 2 aromatic carbocycles. The summed E-state index contributed by atoms with van der Waals surface area (Å²) < 4.78 is 28.4. The third-order valence-electron chi connectivity index (χ3n) is 3.33. The van der Waals surface area contributed by atoms with Crippen molar-refractivity contribution in [2.75, 3.05) is 0 Å². The van der Waals surface area contributed by atoms with Gasteiger partial charge in [0.2, 0.25) is 0 Å². The van der Waals surface area contributed by atoms with Gasteiger partial charge in [-0.25, -0.2) is 18.1 Å². The lowest BCUT2D eigenvalue weighted by Crippen LogP contribution is -2.33. The summed E-state index contributed by atoms with van der Waals surface area (Å²) in [5, 5.41) is 0.416. The molecule has 8 heteroatoms. The van der Waals surface area contributed by atoms with Crippen molar-refractivity contribution >= 4 is 23.2 Å². The highest BCUT2D eigenvalue weighted by molar-refractivity contribution is 6.42. The molecule has 0 saturated carbocycles. The van der Waals surface area contributed by atoms with E-state index < -0.39 is 28.4 Å². The summed E-state index contributed by atoms with van der Waals surface area (Å²) >= 11 is 11.7. The lowest BCUT2D eigenvalue weighted by Gasteiger charge is -2.09. The molecule has 24 heavy (non-hydrogen) atoms. The van der Waals surface area contributed by atoms with Crippen molar-refractivity contribution in [3.8, 4) is 16.9 Å². The van der Waals surface area contributed by atoms with Gasteiger partial charge >= 0.3 is 5.69 Å². The summed E-state index contributed by atoms with van der Waals surface area (Å²) in [4.78, 5) is 26.8. The van der Waals surface area contributed by atoms with Crippen LogP contribution in [-0.4, -0.2) is 9.55 Å². The van der Waals surface area contributed by atoms with Crippen LogP contribution in [0.5, 0.6) is 0 Å². The van der Waals surface area contributed by atoms with Gasteiger partial charge < -0.3 is 4.98 Å². The molecule has 122 valence electrons. The van der Waals surface area contributed by atoms with Gasteiger partial charge in [-0.1, -0.05) is 29.3 Å². The molecule has 0 fully saturated rings. The largest absolute Gasteiger partial charge is 0.333 e. The second-order valence-electron chi connectivity index (χ2n) is 4.86. The zero-order chi connectivity index (χ0) is 17.4. The Hall–Kier alpha value is -2.44. The molecule has 1 N–H and O–H groups in total. The second-order valence-corrected chi connectivity index (χ2v) is 5.67. The van der Waals surface area contributed by atoms with Crippen LogP contribution < -0.4 is 11.2 Å². The minimum Gasteiger partial charge on any atom is -0.306 e. The number of rotatable bonds is 2. The first-order valence-electron chi connectivity index (χ1n) is 6.64. The van der Waals surface area contributed by atoms with E-state index in [0.29, 0.717) is 0 Å². The number of nitrogens with zero attached hydrogens (tertiary/aromatic N) is 1. The van der Waals surface area contributed by atoms with Crippen LogP contribution in [0.1, 0.15) is 0 Å². The molecule has 3 aromatic rings. The minimum atomic E-state index is -0.891. The van der Waals surface area contributed by atoms with Crippen molar-refractivity contribution in [2.24, 2.45) is 0 Å². The summed E-state index contributed by atoms with van der Waals surface area (Å²) in [6.07, 6.45) is 0. The Kier molecular flexibility index (Phi) is 4.26. The maximum atomic E-state index is 13.8. The van der Waals surface area contributed by atoms with Crippen molar-refractivity contribution in [1.82, 2.24) is 9.55 Å². The maximum absolute atomic E-state index is 13.8. The van der Waals surface area contributed by atoms with E-state index in [1.807, 2.05) is 0 Å². The van der Waals surface area contributed by atoms with Crippen molar-refractivity contribution < 1.29 is 8.78 Å². The Morgan fingerprint density at radius 3 is 2.17 bits per heavy atom. The lowest BCUT2D eigenvalue weighted by molar-refractivity contribution is 0.588. The summed E-state index contributed by atoms with van der Waals surface area (Å²) in [6.45, 7) is 0. The number of aromatic nitrogens is 2. The van der Waals surface area contributed by atoms with Crippen molar-refractivity contribution in [1.29, 1.82) is 0 Å². The lowest BCUT2D eigenvalue weighted by atomic mass is 10.1. The highest BCUT2D eigenvalue weighted by Crippen LogP contribution is 2.24. The smallest absolute Gasteiger partial charge is 0.306 e. The Morgan fingerprint density at radius 1 is 0.917 bits per heavy atom. The molecule has 4 nitrogen and oxygen atoms in total. The Morgan fingerprint density at radius 2 is 1.58 bits per heavy atom. The molecule has 0 atom stereocenters. The molecular formula is C16H8Cl2F2N2O2. The average molecular weight is 369 g/mol. The van der Waals surface area contributed by atoms with E-state index in [2.05, 4.69) is 4.98 Å². The van der Waals surface area contributed by atoms with Gasteiger partial charge in [-0.2, -0.15) is 0 Å². The van der Waals surface area contributed by atoms with Gasteiger partial charge in [-0.3, -0.25) is 4.79 Å². The molecule has 0 saturated heterocycles. The maximum Gasteiger partial charge on any atom is 0.333 e. The van der Waals surface area contributed by atoms with Crippen LogP contribution in [0.2, 0.25) is 10.0 Å². The first-order valence-corrected chi connectivity index (χ1v) is 7.40. The van der Waals surface area contributed by atoms with Gasteiger partial charge in [-0.05, 0) is 30.3 Å². The van der Waals surface area contributed by atoms with Crippen LogP contribution in [0.25, 0.3) is 16.9 Å². The molecule has 0 bridgehead atoms. The van der Waals surface area contributed by atoms with Crippen molar-refractivity contribution in [3.63, 3.8) is 0 Å². The van der Waals surface area contributed by atoms with Crippen LogP contribution >= 0.6 is 23.2 Å². The normalized spacial score (nSPS) is 10.8. The highest BCUT2D eigenvalue weighted by Gasteiger charge is 2.15. The fourth-order valence-corrected chi connectivity index (χ4v) is 2.55. The standard InChI is InChI=1S/C16H8Cl2F2N2O2/c17-9-5-4-8(6-10(9)18)22-14(23)7-13(21-16(22)24)15-11(19)2-1-3-12(15)20/h1-7H,(H,21,24). The predicted octanol–water partition coefficient (Wildman–Crippen LogP) is 3.78. The molecule has 1 heterocycles. The molecule has 0 aliphatic heterocycles. The van der Waals surface area contributed by atoms with Gasteiger partial charge in [0.25, 0.3) is 5.56 Å². The summed E-state index contributed by atoms with van der Waals surface area (Å²) in [7, 11) is 0. The molecule has 0 aliphatic rings. The fourth-order valence-electron chi connectivity index (χ4n) is 2.25. The molecule has 1 aromatic heterocycles. The number of H-pyrrole nitrogens is 1. The highest BCUT2D eigenvalue weighted by atomic mass is 35.5. The Balaban J connectivity index is 2.22. The van der Waals surface area contributed by atoms with E-state index in [1.165, 1.54) is 24.3 Å². The van der Waals surface area contributed by atoms with Crippen molar-refractivity contribution in [2.45, 2.75) is 0 Å². The zero-order valence-corrected chi connectivity index (χ0v) is 13.3. The van der Waals surface area contributed by atoms with Gasteiger partial charge in [0.1, 0.15) is 11.6 Å². The van der Waals surface area contributed by atoms with E-state index in [4.69, 9.17) is 23.2 Å². The second kappa shape index (κ2) is 6.22. The van der Waals surface area contributed by atoms with E-state index in [0.717, 1.165) is 22.8 Å². The molecule has 0 unspecified atom stereocenters. The van der Waals surface area contributed by atoms with E-state index in [-0.39, 0.29) is 21.4 Å². The number of benzene rings is 2. The average Bonchev–Trinajstić information content (AvgIpc) is 2.50. The summed E-state index contributed by atoms with van der Waals surface area (Å²) in [5.74, 6) is -1.78. The SMILES string of the molecule is O=c1cc(-c2c(F)cccc2F)[nH]c(=O)n1-c1ccc(Cl)c(Cl)c1. The number of hydrogen-bond donors (Lipinski definition) is 1. The van der Waals surface area contributed by atoms with Crippen LogP contribution in [0.15, 0.2) is 52.1 Å². The molecule has 0 amide bonds. The number of aromatic amines is 1. The zero-order valence-electron chi connectivity index (χ0n) is 11.8.